The van der Waals surface area contributed by atoms with E-state index in [4.69, 9.17) is 0 Å². The van der Waals surface area contributed by atoms with Crippen molar-refractivity contribution in [1.82, 2.24) is 5.32 Å². The van der Waals surface area contributed by atoms with Crippen LogP contribution in [0.3, 0.4) is 0 Å². The third-order valence-electron chi connectivity index (χ3n) is 4.84. The molecule has 0 atom stereocenters. The maximum atomic E-state index is 12.5. The van der Waals surface area contributed by atoms with Crippen LogP contribution in [-0.2, 0) is 0 Å². The molecule has 0 aliphatic rings. The lowest BCUT2D eigenvalue weighted by Gasteiger charge is -2.13. The van der Waals surface area contributed by atoms with Gasteiger partial charge in [-0.2, -0.15) is 0 Å². The summed E-state index contributed by atoms with van der Waals surface area (Å²) in [7, 11) is 0. The second-order valence-electron chi connectivity index (χ2n) is 7.27. The fraction of sp³-hybridized carbons (Fsp3) is 0.636. The van der Waals surface area contributed by atoms with E-state index in [1.54, 1.807) is 0 Å². The molecule has 0 aliphatic heterocycles. The number of rotatable bonds is 14. The average Bonchev–Trinajstić information content (AvgIpc) is 2.63. The first-order chi connectivity index (χ1) is 13.4. The zero-order valence-electron chi connectivity index (χ0n) is 17.2. The van der Waals surface area contributed by atoms with E-state index in [0.29, 0.717) is 13.0 Å². The van der Waals surface area contributed by atoms with E-state index >= 15 is 0 Å². The van der Waals surface area contributed by atoms with Crippen molar-refractivity contribution in [3.05, 3.63) is 17.2 Å². The average molecular weight is 394 g/mol. The number of Topliss-reactive ketones (excluding diaryl/α,β-unsaturated/α-hetero) is 1. The van der Waals surface area contributed by atoms with Crippen molar-refractivity contribution in [2.24, 2.45) is 0 Å². The largest absolute Gasteiger partial charge is 0.507 e. The Balaban J connectivity index is 2.67. The van der Waals surface area contributed by atoms with E-state index in [0.717, 1.165) is 38.2 Å². The molecule has 158 valence electrons. The van der Waals surface area contributed by atoms with E-state index < -0.39 is 28.9 Å². The maximum absolute atomic E-state index is 12.5. The minimum Gasteiger partial charge on any atom is -0.507 e. The number of amides is 1. The molecule has 4 N–H and O–H groups in total. The van der Waals surface area contributed by atoms with Crippen molar-refractivity contribution in [3.8, 4) is 17.2 Å². The van der Waals surface area contributed by atoms with Crippen molar-refractivity contribution in [2.75, 3.05) is 6.54 Å². The lowest BCUT2D eigenvalue weighted by Crippen LogP contribution is -2.25. The van der Waals surface area contributed by atoms with Gasteiger partial charge in [0.25, 0.3) is 5.91 Å². The third-order valence-corrected chi connectivity index (χ3v) is 4.84. The molecule has 1 rings (SSSR count). The highest BCUT2D eigenvalue weighted by Gasteiger charge is 2.26. The maximum Gasteiger partial charge on any atom is 0.258 e. The number of benzene rings is 1. The number of carbonyl (C=O) groups excluding carboxylic acids is 2. The lowest BCUT2D eigenvalue weighted by atomic mass is 9.98. The van der Waals surface area contributed by atoms with Crippen molar-refractivity contribution < 1.29 is 24.9 Å². The number of nitrogens with one attached hydrogen (secondary N) is 1. The van der Waals surface area contributed by atoms with Crippen LogP contribution in [0.25, 0.3) is 0 Å². The van der Waals surface area contributed by atoms with Crippen molar-refractivity contribution in [3.63, 3.8) is 0 Å². The van der Waals surface area contributed by atoms with Gasteiger partial charge >= 0.3 is 0 Å². The van der Waals surface area contributed by atoms with Crippen molar-refractivity contribution in [2.45, 2.75) is 84.5 Å². The quantitative estimate of drug-likeness (QED) is 0.261. The summed E-state index contributed by atoms with van der Waals surface area (Å²) < 4.78 is 0. The fourth-order valence-electron chi connectivity index (χ4n) is 3.15. The highest BCUT2D eigenvalue weighted by molar-refractivity contribution is 6.08. The number of carbonyl (C=O) groups is 2. The molecule has 28 heavy (non-hydrogen) atoms. The molecule has 0 bridgehead atoms. The fourth-order valence-corrected chi connectivity index (χ4v) is 3.15. The molecule has 0 spiro atoms. The molecule has 0 aliphatic carbocycles. The van der Waals surface area contributed by atoms with Gasteiger partial charge in [0.15, 0.2) is 5.78 Å². The number of unbranched alkanes of at least 4 members (excludes halogenated alkanes) is 8. The normalized spacial score (nSPS) is 10.8. The van der Waals surface area contributed by atoms with Crippen LogP contribution >= 0.6 is 0 Å². The molecule has 6 nitrogen and oxygen atoms in total. The first-order valence-corrected chi connectivity index (χ1v) is 10.5. The molecule has 0 unspecified atom stereocenters. The predicted octanol–water partition coefficient (Wildman–Crippen LogP) is 5.05. The van der Waals surface area contributed by atoms with Gasteiger partial charge in [0.1, 0.15) is 28.4 Å². The van der Waals surface area contributed by atoms with E-state index in [2.05, 4.69) is 12.2 Å². The first kappa shape index (κ1) is 23.8. The van der Waals surface area contributed by atoms with Gasteiger partial charge in [0, 0.05) is 19.0 Å². The molecule has 1 aromatic carbocycles. The van der Waals surface area contributed by atoms with Crippen molar-refractivity contribution in [1.29, 1.82) is 0 Å². The van der Waals surface area contributed by atoms with Gasteiger partial charge in [-0.3, -0.25) is 9.59 Å². The molecule has 0 saturated carbocycles. The monoisotopic (exact) mass is 393 g/mol. The summed E-state index contributed by atoms with van der Waals surface area (Å²) in [6.07, 6.45) is 10.5. The number of ketones is 1. The Kier molecular flexibility index (Phi) is 11.1. The Bertz CT molecular complexity index is 642. The summed E-state index contributed by atoms with van der Waals surface area (Å²) in [6, 6.07) is 0.940. The topological polar surface area (TPSA) is 107 Å². The van der Waals surface area contributed by atoms with Crippen LogP contribution in [0.4, 0.5) is 0 Å². The zero-order chi connectivity index (χ0) is 20.9. The Morgan fingerprint density at radius 1 is 0.786 bits per heavy atom. The second-order valence-corrected chi connectivity index (χ2v) is 7.27. The van der Waals surface area contributed by atoms with Gasteiger partial charge < -0.3 is 20.6 Å². The van der Waals surface area contributed by atoms with E-state index in [1.165, 1.54) is 25.7 Å². The van der Waals surface area contributed by atoms with Gasteiger partial charge in [0.05, 0.1) is 0 Å². The molecule has 6 heteroatoms. The van der Waals surface area contributed by atoms with Crippen LogP contribution in [0.15, 0.2) is 6.07 Å². The van der Waals surface area contributed by atoms with E-state index in [-0.39, 0.29) is 17.5 Å². The zero-order valence-corrected chi connectivity index (χ0v) is 17.2. The van der Waals surface area contributed by atoms with Crippen LogP contribution < -0.4 is 5.32 Å². The standard InChI is InChI=1S/C22H35NO5/c1-3-5-7-8-9-10-11-12-13-16(24)19-17(25)15-18(26)20(21(19)27)22(28)23-14-6-4-2/h15,25-27H,3-14H2,1-2H3,(H,23,28). The van der Waals surface area contributed by atoms with Gasteiger partial charge in [-0.05, 0) is 12.8 Å². The summed E-state index contributed by atoms with van der Waals surface area (Å²) in [5.74, 6) is -2.80. The molecule has 0 fully saturated rings. The number of phenols is 3. The van der Waals surface area contributed by atoms with Crippen LogP contribution in [0.2, 0.25) is 0 Å². The summed E-state index contributed by atoms with van der Waals surface area (Å²) in [4.78, 5) is 24.7. The molecule has 0 radical (unpaired) electrons. The summed E-state index contributed by atoms with van der Waals surface area (Å²) in [5.41, 5.74) is -0.658. The molecule has 0 heterocycles. The van der Waals surface area contributed by atoms with Gasteiger partial charge in [-0.25, -0.2) is 0 Å². The van der Waals surface area contributed by atoms with Crippen LogP contribution in [0, 0.1) is 0 Å². The predicted molar refractivity (Wildman–Crippen MR) is 110 cm³/mol. The summed E-state index contributed by atoms with van der Waals surface area (Å²) in [5, 5.41) is 32.9. The SMILES string of the molecule is CCCCCCCCCCC(=O)c1c(O)cc(O)c(C(=O)NCCCC)c1O. The van der Waals surface area contributed by atoms with Gasteiger partial charge in [-0.1, -0.05) is 65.2 Å². The smallest absolute Gasteiger partial charge is 0.258 e. The summed E-state index contributed by atoms with van der Waals surface area (Å²) >= 11 is 0. The summed E-state index contributed by atoms with van der Waals surface area (Å²) in [6.45, 7) is 4.56. The molecule has 1 amide bonds. The highest BCUT2D eigenvalue weighted by atomic mass is 16.3. The van der Waals surface area contributed by atoms with Crippen LogP contribution in [0.5, 0.6) is 17.2 Å². The third kappa shape index (κ3) is 7.41. The van der Waals surface area contributed by atoms with E-state index in [9.17, 15) is 24.9 Å². The minimum absolute atomic E-state index is 0.178. The van der Waals surface area contributed by atoms with E-state index in [1.807, 2.05) is 6.92 Å². The van der Waals surface area contributed by atoms with Crippen LogP contribution in [0.1, 0.15) is 105 Å². The van der Waals surface area contributed by atoms with Gasteiger partial charge in [0.2, 0.25) is 0 Å². The number of hydrogen-bond acceptors (Lipinski definition) is 5. The Morgan fingerprint density at radius 2 is 1.32 bits per heavy atom. The molecule has 1 aromatic rings. The second kappa shape index (κ2) is 13.0. The first-order valence-electron chi connectivity index (χ1n) is 10.5. The van der Waals surface area contributed by atoms with Crippen LogP contribution in [-0.4, -0.2) is 33.6 Å². The number of aromatic hydroxyl groups is 3. The number of phenolic OH excluding ortho intramolecular Hbond substituents is 3. The highest BCUT2D eigenvalue weighted by Crippen LogP contribution is 2.38. The van der Waals surface area contributed by atoms with Crippen molar-refractivity contribution >= 4 is 11.7 Å². The minimum atomic E-state index is -0.662. The molecular formula is C22H35NO5. The Hall–Kier alpha value is -2.24. The molecule has 0 aromatic heterocycles. The Morgan fingerprint density at radius 3 is 1.93 bits per heavy atom. The van der Waals surface area contributed by atoms with Gasteiger partial charge in [-0.15, -0.1) is 0 Å². The lowest BCUT2D eigenvalue weighted by molar-refractivity contribution is 0.0947. The molecular weight excluding hydrogens is 358 g/mol. The Labute approximate surface area is 168 Å². The molecule has 0 saturated heterocycles. The number of hydrogen-bond donors (Lipinski definition) is 4.